The number of hydrogen-bond acceptors (Lipinski definition) is 4. The van der Waals surface area contributed by atoms with E-state index in [0.717, 1.165) is 61.0 Å². The zero-order valence-corrected chi connectivity index (χ0v) is 24.8. The van der Waals surface area contributed by atoms with Crippen LogP contribution >= 0.6 is 0 Å². The molecule has 3 aromatic carbocycles. The first-order valence-corrected chi connectivity index (χ1v) is 14.7. The molecule has 4 rings (SSSR count). The number of likely N-dealkylation sites (N-methyl/N-ethyl adjacent to an activating group) is 1. The average molecular weight is 556 g/mol. The molecule has 1 amide bonds. The molecular weight excluding hydrogens is 510 g/mol. The van der Waals surface area contributed by atoms with E-state index in [1.165, 1.54) is 24.8 Å². The first-order chi connectivity index (χ1) is 19.9. The Kier molecular flexibility index (Phi) is 11.2. The minimum absolute atomic E-state index is 0.127. The zero-order valence-electron chi connectivity index (χ0n) is 24.8. The summed E-state index contributed by atoms with van der Waals surface area (Å²) in [6.45, 7) is 2.56. The lowest BCUT2D eigenvalue weighted by Crippen LogP contribution is -2.41. The van der Waals surface area contributed by atoms with E-state index in [0.29, 0.717) is 6.04 Å². The molecule has 3 N–H and O–H groups in total. The van der Waals surface area contributed by atoms with Crippen LogP contribution in [-0.2, 0) is 11.3 Å². The maximum absolute atomic E-state index is 12.0. The second kappa shape index (κ2) is 15.2. The van der Waals surface area contributed by atoms with Gasteiger partial charge >= 0.3 is 0 Å². The SMILES string of the molecule is COc1ccc(C(CC(N)=O)c2ccc(NC(=NC3CCCCC3)N(CCN(C)C)Cc3ccccc3)cc2)cc1. The molecule has 1 fully saturated rings. The quantitative estimate of drug-likeness (QED) is 0.216. The van der Waals surface area contributed by atoms with Crippen LogP contribution in [0.2, 0.25) is 0 Å². The molecule has 7 heteroatoms. The van der Waals surface area contributed by atoms with Crippen LogP contribution in [0.4, 0.5) is 5.69 Å². The molecule has 0 aliphatic heterocycles. The van der Waals surface area contributed by atoms with Crippen LogP contribution in [-0.4, -0.2) is 62.0 Å². The Balaban J connectivity index is 1.60. The van der Waals surface area contributed by atoms with Gasteiger partial charge in [-0.05, 0) is 67.9 Å². The van der Waals surface area contributed by atoms with E-state index in [2.05, 4.69) is 83.8 Å². The van der Waals surface area contributed by atoms with Crippen molar-refractivity contribution in [3.8, 4) is 5.75 Å². The summed E-state index contributed by atoms with van der Waals surface area (Å²) in [6.07, 6.45) is 6.27. The van der Waals surface area contributed by atoms with Crippen molar-refractivity contribution in [1.82, 2.24) is 9.80 Å². The number of amides is 1. The average Bonchev–Trinajstić information content (AvgIpc) is 2.99. The number of carbonyl (C=O) groups is 1. The summed E-state index contributed by atoms with van der Waals surface area (Å²) in [5.41, 5.74) is 9.95. The second-order valence-corrected chi connectivity index (χ2v) is 11.2. The van der Waals surface area contributed by atoms with Crippen molar-refractivity contribution < 1.29 is 9.53 Å². The topological polar surface area (TPSA) is 83.2 Å². The smallest absolute Gasteiger partial charge is 0.218 e. The van der Waals surface area contributed by atoms with Gasteiger partial charge < -0.3 is 25.6 Å². The summed E-state index contributed by atoms with van der Waals surface area (Å²) in [5.74, 6) is 1.24. The van der Waals surface area contributed by atoms with Gasteiger partial charge in [0.2, 0.25) is 5.91 Å². The summed E-state index contributed by atoms with van der Waals surface area (Å²) >= 11 is 0. The fourth-order valence-electron chi connectivity index (χ4n) is 5.35. The number of ether oxygens (including phenoxy) is 1. The summed E-state index contributed by atoms with van der Waals surface area (Å²) in [7, 11) is 5.86. The number of nitrogens with zero attached hydrogens (tertiary/aromatic N) is 3. The fourth-order valence-corrected chi connectivity index (χ4v) is 5.35. The van der Waals surface area contributed by atoms with Gasteiger partial charge in [0.25, 0.3) is 0 Å². The van der Waals surface area contributed by atoms with Crippen molar-refractivity contribution in [2.45, 2.75) is 57.0 Å². The fraction of sp³-hybridized carbons (Fsp3) is 0.412. The van der Waals surface area contributed by atoms with Crippen molar-refractivity contribution in [2.75, 3.05) is 39.6 Å². The third-order valence-electron chi connectivity index (χ3n) is 7.71. The summed E-state index contributed by atoms with van der Waals surface area (Å²) in [4.78, 5) is 21.9. The minimum atomic E-state index is -0.327. The minimum Gasteiger partial charge on any atom is -0.497 e. The number of nitrogens with two attached hydrogens (primary N) is 1. The Morgan fingerprint density at radius 1 is 0.927 bits per heavy atom. The lowest BCUT2D eigenvalue weighted by atomic mass is 9.88. The third kappa shape index (κ3) is 9.35. The molecule has 0 spiro atoms. The van der Waals surface area contributed by atoms with Gasteiger partial charge in [-0.1, -0.05) is 73.9 Å². The number of primary amides is 1. The van der Waals surface area contributed by atoms with Crippen LogP contribution in [0.15, 0.2) is 83.9 Å². The number of carbonyl (C=O) groups excluding carboxylic acids is 1. The maximum Gasteiger partial charge on any atom is 0.218 e. The largest absolute Gasteiger partial charge is 0.497 e. The predicted octanol–water partition coefficient (Wildman–Crippen LogP) is 5.87. The summed E-state index contributed by atoms with van der Waals surface area (Å²) in [6, 6.07) is 27.1. The van der Waals surface area contributed by atoms with Crippen LogP contribution in [0, 0.1) is 0 Å². The van der Waals surface area contributed by atoms with Crippen LogP contribution in [0.5, 0.6) is 5.75 Å². The second-order valence-electron chi connectivity index (χ2n) is 11.2. The van der Waals surface area contributed by atoms with Crippen LogP contribution in [0.1, 0.15) is 61.1 Å². The highest BCUT2D eigenvalue weighted by Crippen LogP contribution is 2.30. The zero-order chi connectivity index (χ0) is 29.0. The molecule has 1 atom stereocenters. The molecule has 1 aliphatic carbocycles. The van der Waals surface area contributed by atoms with E-state index in [1.54, 1.807) is 7.11 Å². The van der Waals surface area contributed by atoms with E-state index in [9.17, 15) is 4.79 Å². The number of rotatable bonds is 12. The highest BCUT2D eigenvalue weighted by Gasteiger charge is 2.20. The lowest BCUT2D eigenvalue weighted by molar-refractivity contribution is -0.118. The lowest BCUT2D eigenvalue weighted by Gasteiger charge is -2.30. The Labute approximate surface area is 245 Å². The van der Waals surface area contributed by atoms with Crippen LogP contribution < -0.4 is 15.8 Å². The molecule has 1 unspecified atom stereocenters. The number of nitrogens with one attached hydrogen (secondary N) is 1. The standard InChI is InChI=1S/C34H45N5O2/c1-38(2)22-23-39(25-26-10-6-4-7-11-26)34(36-29-12-8-5-9-13-29)37-30-18-14-27(15-19-30)32(24-33(35)40)28-16-20-31(41-3)21-17-28/h4,6-7,10-11,14-21,29,32H,5,8-9,12-13,22-25H2,1-3H3,(H2,35,40)(H,36,37). The molecule has 0 radical (unpaired) electrons. The molecule has 0 bridgehead atoms. The molecule has 7 nitrogen and oxygen atoms in total. The number of benzene rings is 3. The Bertz CT molecular complexity index is 1240. The maximum atomic E-state index is 12.0. The summed E-state index contributed by atoms with van der Waals surface area (Å²) in [5, 5.41) is 3.68. The van der Waals surface area contributed by atoms with Crippen molar-refractivity contribution in [3.05, 3.63) is 95.6 Å². The highest BCUT2D eigenvalue weighted by molar-refractivity contribution is 5.94. The molecule has 1 aliphatic rings. The molecule has 1 saturated carbocycles. The molecule has 0 saturated heterocycles. The molecule has 41 heavy (non-hydrogen) atoms. The van der Waals surface area contributed by atoms with Gasteiger partial charge in [-0.3, -0.25) is 4.79 Å². The van der Waals surface area contributed by atoms with E-state index in [-0.39, 0.29) is 18.2 Å². The Morgan fingerprint density at radius 2 is 1.56 bits per heavy atom. The molecule has 0 heterocycles. The van der Waals surface area contributed by atoms with Gasteiger partial charge in [0.05, 0.1) is 13.2 Å². The van der Waals surface area contributed by atoms with Gasteiger partial charge in [0.15, 0.2) is 5.96 Å². The normalized spacial score (nSPS) is 15.0. The molecule has 218 valence electrons. The number of methoxy groups -OCH3 is 1. The number of anilines is 1. The van der Waals surface area contributed by atoms with Crippen molar-refractivity contribution in [3.63, 3.8) is 0 Å². The van der Waals surface area contributed by atoms with Crippen LogP contribution in [0.25, 0.3) is 0 Å². The van der Waals surface area contributed by atoms with E-state index in [4.69, 9.17) is 15.5 Å². The van der Waals surface area contributed by atoms with Gasteiger partial charge in [-0.15, -0.1) is 0 Å². The van der Waals surface area contributed by atoms with Crippen molar-refractivity contribution >= 4 is 17.6 Å². The first kappa shape index (κ1) is 30.1. The van der Waals surface area contributed by atoms with E-state index in [1.807, 2.05) is 24.3 Å². The monoisotopic (exact) mass is 555 g/mol. The highest BCUT2D eigenvalue weighted by atomic mass is 16.5. The van der Waals surface area contributed by atoms with E-state index >= 15 is 0 Å². The number of guanidine groups is 1. The van der Waals surface area contributed by atoms with Gasteiger partial charge in [-0.2, -0.15) is 0 Å². The van der Waals surface area contributed by atoms with Gasteiger partial charge in [0.1, 0.15) is 5.75 Å². The van der Waals surface area contributed by atoms with Gasteiger partial charge in [0, 0.05) is 37.7 Å². The molecular formula is C34H45N5O2. The predicted molar refractivity (Wildman–Crippen MR) is 168 cm³/mol. The summed E-state index contributed by atoms with van der Waals surface area (Å²) < 4.78 is 5.31. The first-order valence-electron chi connectivity index (χ1n) is 14.7. The molecule has 0 aromatic heterocycles. The van der Waals surface area contributed by atoms with Crippen molar-refractivity contribution in [1.29, 1.82) is 0 Å². The third-order valence-corrected chi connectivity index (χ3v) is 7.71. The number of hydrogen-bond donors (Lipinski definition) is 2. The number of aliphatic imine (C=N–C) groups is 1. The Morgan fingerprint density at radius 3 is 2.15 bits per heavy atom. The molecule has 3 aromatic rings. The van der Waals surface area contributed by atoms with Crippen molar-refractivity contribution in [2.24, 2.45) is 10.7 Å². The van der Waals surface area contributed by atoms with Gasteiger partial charge in [-0.25, -0.2) is 4.99 Å². The van der Waals surface area contributed by atoms with E-state index < -0.39 is 0 Å². The van der Waals surface area contributed by atoms with Crippen LogP contribution in [0.3, 0.4) is 0 Å². The Hall–Kier alpha value is -3.84.